The minimum Gasteiger partial charge on any atom is -0.476 e. The number of hydrogen-bond acceptors (Lipinski definition) is 2. The molecule has 0 aliphatic rings. The third-order valence-corrected chi connectivity index (χ3v) is 2.36. The average Bonchev–Trinajstić information content (AvgIpc) is 2.57. The summed E-state index contributed by atoms with van der Waals surface area (Å²) >= 11 is 0. The zero-order chi connectivity index (χ0) is 11.4. The van der Waals surface area contributed by atoms with Crippen molar-refractivity contribution in [2.24, 2.45) is 5.92 Å². The predicted molar refractivity (Wildman–Crippen MR) is 58.0 cm³/mol. The maximum absolute atomic E-state index is 10.7. The number of carboxylic acid groups (broad SMARTS) is 1. The van der Waals surface area contributed by atoms with Crippen LogP contribution in [-0.2, 0) is 13.0 Å². The highest BCUT2D eigenvalue weighted by Gasteiger charge is 2.11. The number of aryl methyl sites for hydroxylation is 2. The summed E-state index contributed by atoms with van der Waals surface area (Å²) in [6.45, 7) is 7.10. The highest BCUT2D eigenvalue weighted by molar-refractivity contribution is 5.85. The van der Waals surface area contributed by atoms with Gasteiger partial charge >= 0.3 is 5.97 Å². The van der Waals surface area contributed by atoms with Gasteiger partial charge in [-0.05, 0) is 24.8 Å². The Morgan fingerprint density at radius 2 is 2.27 bits per heavy atom. The van der Waals surface area contributed by atoms with Crippen LogP contribution < -0.4 is 0 Å². The maximum atomic E-state index is 10.7. The summed E-state index contributed by atoms with van der Waals surface area (Å²) in [7, 11) is 0. The van der Waals surface area contributed by atoms with E-state index >= 15 is 0 Å². The van der Waals surface area contributed by atoms with Gasteiger partial charge in [-0.1, -0.05) is 20.8 Å². The van der Waals surface area contributed by atoms with Gasteiger partial charge in [0.1, 0.15) is 0 Å². The van der Waals surface area contributed by atoms with E-state index in [1.165, 1.54) is 0 Å². The van der Waals surface area contributed by atoms with Crippen molar-refractivity contribution >= 4 is 5.97 Å². The zero-order valence-electron chi connectivity index (χ0n) is 9.53. The molecule has 0 radical (unpaired) electrons. The molecule has 1 heterocycles. The van der Waals surface area contributed by atoms with Gasteiger partial charge in [-0.3, -0.25) is 4.68 Å². The van der Waals surface area contributed by atoms with Crippen LogP contribution in [0.2, 0.25) is 0 Å². The molecule has 0 unspecified atom stereocenters. The number of carboxylic acids is 1. The lowest BCUT2D eigenvalue weighted by Gasteiger charge is -2.07. The summed E-state index contributed by atoms with van der Waals surface area (Å²) in [4.78, 5) is 10.7. The molecular formula is C11H18N2O2. The molecular weight excluding hydrogens is 192 g/mol. The zero-order valence-corrected chi connectivity index (χ0v) is 9.53. The second-order valence-corrected chi connectivity index (χ2v) is 4.09. The van der Waals surface area contributed by atoms with Gasteiger partial charge in [-0.25, -0.2) is 4.79 Å². The molecule has 0 amide bonds. The van der Waals surface area contributed by atoms with E-state index in [0.717, 1.165) is 25.1 Å². The van der Waals surface area contributed by atoms with Crippen LogP contribution in [0.1, 0.15) is 43.4 Å². The average molecular weight is 210 g/mol. The molecule has 4 nitrogen and oxygen atoms in total. The van der Waals surface area contributed by atoms with E-state index in [0.29, 0.717) is 5.92 Å². The van der Waals surface area contributed by atoms with Gasteiger partial charge in [0.15, 0.2) is 5.69 Å². The van der Waals surface area contributed by atoms with Crippen LogP contribution in [0.25, 0.3) is 0 Å². The predicted octanol–water partition coefficient (Wildman–Crippen LogP) is 2.19. The Bertz CT molecular complexity index is 342. The first-order valence-corrected chi connectivity index (χ1v) is 5.34. The summed E-state index contributed by atoms with van der Waals surface area (Å²) in [5.74, 6) is -0.347. The van der Waals surface area contributed by atoms with Crippen molar-refractivity contribution in [3.05, 3.63) is 17.5 Å². The molecule has 4 heteroatoms. The Kier molecular flexibility index (Phi) is 3.88. The van der Waals surface area contributed by atoms with Crippen LogP contribution in [0.5, 0.6) is 0 Å². The molecule has 1 aromatic heterocycles. The Morgan fingerprint density at radius 3 is 2.73 bits per heavy atom. The summed E-state index contributed by atoms with van der Waals surface area (Å²) in [5, 5.41) is 12.9. The lowest BCUT2D eigenvalue weighted by molar-refractivity contribution is 0.0689. The quantitative estimate of drug-likeness (QED) is 0.810. The molecule has 0 saturated heterocycles. The minimum absolute atomic E-state index is 0.149. The molecule has 1 N–H and O–H groups in total. The van der Waals surface area contributed by atoms with Crippen molar-refractivity contribution in [1.82, 2.24) is 9.78 Å². The molecule has 15 heavy (non-hydrogen) atoms. The standard InChI is InChI=1S/C11H18N2O2/c1-4-9-7-10(11(14)15)12-13(9)6-5-8(2)3/h7-8H,4-6H2,1-3H3,(H,14,15). The summed E-state index contributed by atoms with van der Waals surface area (Å²) in [6, 6.07) is 1.66. The summed E-state index contributed by atoms with van der Waals surface area (Å²) < 4.78 is 1.81. The number of rotatable bonds is 5. The first-order chi connectivity index (χ1) is 7.04. The van der Waals surface area contributed by atoms with Crippen LogP contribution in [0.3, 0.4) is 0 Å². The number of aromatic nitrogens is 2. The Balaban J connectivity index is 2.81. The van der Waals surface area contributed by atoms with Gasteiger partial charge in [0.2, 0.25) is 0 Å². The summed E-state index contributed by atoms with van der Waals surface area (Å²) in [6.07, 6.45) is 1.84. The topological polar surface area (TPSA) is 55.1 Å². The third-order valence-electron chi connectivity index (χ3n) is 2.36. The Hall–Kier alpha value is -1.32. The fourth-order valence-electron chi connectivity index (χ4n) is 1.42. The Morgan fingerprint density at radius 1 is 1.60 bits per heavy atom. The van der Waals surface area contributed by atoms with E-state index in [1.807, 2.05) is 11.6 Å². The van der Waals surface area contributed by atoms with Crippen LogP contribution in [0.15, 0.2) is 6.07 Å². The lowest BCUT2D eigenvalue weighted by Crippen LogP contribution is -2.07. The van der Waals surface area contributed by atoms with Crippen molar-refractivity contribution in [2.75, 3.05) is 0 Å². The highest BCUT2D eigenvalue weighted by Crippen LogP contribution is 2.09. The smallest absolute Gasteiger partial charge is 0.356 e. The fraction of sp³-hybridized carbons (Fsp3) is 0.636. The first kappa shape index (κ1) is 11.8. The Labute approximate surface area is 89.9 Å². The number of hydrogen-bond donors (Lipinski definition) is 1. The van der Waals surface area contributed by atoms with E-state index in [1.54, 1.807) is 6.07 Å². The molecule has 0 spiro atoms. The van der Waals surface area contributed by atoms with Crippen molar-refractivity contribution in [3.63, 3.8) is 0 Å². The van der Waals surface area contributed by atoms with Crippen LogP contribution in [-0.4, -0.2) is 20.9 Å². The third kappa shape index (κ3) is 3.08. The summed E-state index contributed by atoms with van der Waals surface area (Å²) in [5.41, 5.74) is 1.14. The van der Waals surface area contributed by atoms with Gasteiger partial charge in [0.05, 0.1) is 0 Å². The maximum Gasteiger partial charge on any atom is 0.356 e. The van der Waals surface area contributed by atoms with E-state index in [9.17, 15) is 4.79 Å². The van der Waals surface area contributed by atoms with Gasteiger partial charge < -0.3 is 5.11 Å². The van der Waals surface area contributed by atoms with E-state index < -0.39 is 5.97 Å². The van der Waals surface area contributed by atoms with Crippen molar-refractivity contribution in [3.8, 4) is 0 Å². The van der Waals surface area contributed by atoms with Gasteiger partial charge in [-0.15, -0.1) is 0 Å². The number of aromatic carboxylic acids is 1. The largest absolute Gasteiger partial charge is 0.476 e. The molecule has 1 rings (SSSR count). The number of carbonyl (C=O) groups is 1. The molecule has 0 aliphatic carbocycles. The fourth-order valence-corrected chi connectivity index (χ4v) is 1.42. The van der Waals surface area contributed by atoms with Gasteiger partial charge in [0.25, 0.3) is 0 Å². The molecule has 0 atom stereocenters. The van der Waals surface area contributed by atoms with Gasteiger partial charge in [-0.2, -0.15) is 5.10 Å². The van der Waals surface area contributed by atoms with E-state index in [-0.39, 0.29) is 5.69 Å². The van der Waals surface area contributed by atoms with Crippen LogP contribution in [0.4, 0.5) is 0 Å². The first-order valence-electron chi connectivity index (χ1n) is 5.34. The van der Waals surface area contributed by atoms with E-state index in [4.69, 9.17) is 5.11 Å². The number of nitrogens with zero attached hydrogens (tertiary/aromatic N) is 2. The monoisotopic (exact) mass is 210 g/mol. The molecule has 1 aromatic rings. The normalized spacial score (nSPS) is 10.9. The van der Waals surface area contributed by atoms with Crippen LogP contribution >= 0.6 is 0 Å². The molecule has 0 aromatic carbocycles. The van der Waals surface area contributed by atoms with Crippen molar-refractivity contribution in [2.45, 2.75) is 40.2 Å². The van der Waals surface area contributed by atoms with E-state index in [2.05, 4.69) is 18.9 Å². The van der Waals surface area contributed by atoms with Crippen molar-refractivity contribution < 1.29 is 9.90 Å². The minimum atomic E-state index is -0.951. The second kappa shape index (κ2) is 4.96. The molecule has 0 bridgehead atoms. The molecule has 0 fully saturated rings. The molecule has 0 aliphatic heterocycles. The SMILES string of the molecule is CCc1cc(C(=O)O)nn1CCC(C)C. The highest BCUT2D eigenvalue weighted by atomic mass is 16.4. The lowest BCUT2D eigenvalue weighted by atomic mass is 10.1. The molecule has 84 valence electrons. The van der Waals surface area contributed by atoms with Crippen molar-refractivity contribution in [1.29, 1.82) is 0 Å². The molecule has 0 saturated carbocycles. The van der Waals surface area contributed by atoms with Gasteiger partial charge in [0, 0.05) is 12.2 Å². The second-order valence-electron chi connectivity index (χ2n) is 4.09. The van der Waals surface area contributed by atoms with Crippen LogP contribution in [0, 0.1) is 5.92 Å².